The number of benzene rings is 1. The van der Waals surface area contributed by atoms with E-state index in [0.29, 0.717) is 0 Å². The maximum atomic E-state index is 9.74. The monoisotopic (exact) mass is 393 g/mol. The Kier molecular flexibility index (Phi) is 11.6. The quantitative estimate of drug-likeness (QED) is 0.394. The molecule has 4 nitrogen and oxygen atoms in total. The fourth-order valence-electron chi connectivity index (χ4n) is 3.44. The lowest BCUT2D eigenvalue weighted by molar-refractivity contribution is 0.136. The molecule has 1 aromatic rings. The van der Waals surface area contributed by atoms with Gasteiger partial charge in [0.1, 0.15) is 0 Å². The normalized spacial score (nSPS) is 14.7. The standard InChI is InChI=1S/C24H43NO3/c1-6-20(4)24(25,18-26)15-14-21-12-13-22(23(17-21)27-5)28-16-10-8-7-9-11-19(2)3/h12-13,17,19-20,26H,6-11,14-16,18,25H2,1-5H3/t20?,24-/m1/s1. The second-order valence-corrected chi connectivity index (χ2v) is 8.63. The Morgan fingerprint density at radius 3 is 2.39 bits per heavy atom. The van der Waals surface area contributed by atoms with E-state index in [-0.39, 0.29) is 12.5 Å². The van der Waals surface area contributed by atoms with Gasteiger partial charge in [-0.05, 0) is 48.8 Å². The lowest BCUT2D eigenvalue weighted by Gasteiger charge is -2.33. The number of aliphatic hydroxyl groups excluding tert-OH is 1. The molecule has 1 unspecified atom stereocenters. The molecule has 0 heterocycles. The van der Waals surface area contributed by atoms with E-state index in [4.69, 9.17) is 15.2 Å². The van der Waals surface area contributed by atoms with Gasteiger partial charge in [0.15, 0.2) is 11.5 Å². The summed E-state index contributed by atoms with van der Waals surface area (Å²) >= 11 is 0. The van der Waals surface area contributed by atoms with Crippen LogP contribution in [0.15, 0.2) is 18.2 Å². The molecule has 1 aromatic carbocycles. The van der Waals surface area contributed by atoms with Gasteiger partial charge in [-0.25, -0.2) is 0 Å². The van der Waals surface area contributed by atoms with E-state index in [1.807, 2.05) is 12.1 Å². The number of methoxy groups -OCH3 is 1. The maximum absolute atomic E-state index is 9.74. The number of unbranched alkanes of at least 4 members (excludes halogenated alkanes) is 3. The lowest BCUT2D eigenvalue weighted by Crippen LogP contribution is -2.49. The van der Waals surface area contributed by atoms with Crippen LogP contribution in [-0.2, 0) is 6.42 Å². The Morgan fingerprint density at radius 1 is 1.07 bits per heavy atom. The van der Waals surface area contributed by atoms with Crippen LogP contribution in [0.25, 0.3) is 0 Å². The molecule has 0 spiro atoms. The van der Waals surface area contributed by atoms with Gasteiger partial charge in [-0.3, -0.25) is 0 Å². The van der Waals surface area contributed by atoms with Gasteiger partial charge in [0.25, 0.3) is 0 Å². The van der Waals surface area contributed by atoms with Crippen molar-refractivity contribution >= 4 is 0 Å². The molecule has 2 atom stereocenters. The summed E-state index contributed by atoms with van der Waals surface area (Å²) in [5.41, 5.74) is 7.05. The van der Waals surface area contributed by atoms with E-state index in [2.05, 4.69) is 33.8 Å². The first-order valence-electron chi connectivity index (χ1n) is 11.1. The van der Waals surface area contributed by atoms with Crippen LogP contribution >= 0.6 is 0 Å². The van der Waals surface area contributed by atoms with Gasteiger partial charge in [-0.1, -0.05) is 65.9 Å². The van der Waals surface area contributed by atoms with Crippen LogP contribution in [0.4, 0.5) is 0 Å². The Morgan fingerprint density at radius 2 is 1.79 bits per heavy atom. The molecule has 1 rings (SSSR count). The lowest BCUT2D eigenvalue weighted by atomic mass is 9.80. The highest BCUT2D eigenvalue weighted by Gasteiger charge is 2.29. The number of aryl methyl sites for hydroxylation is 1. The zero-order valence-corrected chi connectivity index (χ0v) is 18.8. The Hall–Kier alpha value is -1.26. The molecule has 0 aliphatic carbocycles. The Bertz CT molecular complexity index is 547. The molecule has 0 amide bonds. The van der Waals surface area contributed by atoms with Gasteiger partial charge in [-0.15, -0.1) is 0 Å². The first-order chi connectivity index (χ1) is 13.4. The average molecular weight is 394 g/mol. The molecule has 0 radical (unpaired) electrons. The highest BCUT2D eigenvalue weighted by atomic mass is 16.5. The highest BCUT2D eigenvalue weighted by Crippen LogP contribution is 2.30. The van der Waals surface area contributed by atoms with Crippen LogP contribution in [0.5, 0.6) is 11.5 Å². The molecule has 4 heteroatoms. The third-order valence-electron chi connectivity index (χ3n) is 5.93. The van der Waals surface area contributed by atoms with E-state index < -0.39 is 5.54 Å². The molecule has 0 saturated carbocycles. The number of rotatable bonds is 15. The minimum atomic E-state index is -0.535. The van der Waals surface area contributed by atoms with E-state index in [0.717, 1.165) is 55.3 Å². The van der Waals surface area contributed by atoms with Crippen molar-refractivity contribution in [2.24, 2.45) is 17.6 Å². The van der Waals surface area contributed by atoms with E-state index in [1.165, 1.54) is 25.7 Å². The molecular formula is C24H43NO3. The summed E-state index contributed by atoms with van der Waals surface area (Å²) in [6.45, 7) is 9.51. The van der Waals surface area contributed by atoms with Crippen molar-refractivity contribution in [2.45, 2.75) is 84.6 Å². The summed E-state index contributed by atoms with van der Waals surface area (Å²) < 4.78 is 11.5. The molecule has 0 saturated heterocycles. The van der Waals surface area contributed by atoms with Gasteiger partial charge in [-0.2, -0.15) is 0 Å². The zero-order chi connectivity index (χ0) is 21.0. The highest BCUT2D eigenvalue weighted by molar-refractivity contribution is 5.43. The minimum absolute atomic E-state index is 0.0114. The zero-order valence-electron chi connectivity index (χ0n) is 18.8. The number of aliphatic hydroxyl groups is 1. The summed E-state index contributed by atoms with van der Waals surface area (Å²) in [6.07, 6.45) is 8.71. The molecule has 3 N–H and O–H groups in total. The van der Waals surface area contributed by atoms with Crippen LogP contribution in [-0.4, -0.2) is 31.0 Å². The summed E-state index contributed by atoms with van der Waals surface area (Å²) in [7, 11) is 1.68. The minimum Gasteiger partial charge on any atom is -0.493 e. The van der Waals surface area contributed by atoms with Crippen molar-refractivity contribution in [3.05, 3.63) is 23.8 Å². The average Bonchev–Trinajstić information content (AvgIpc) is 2.70. The van der Waals surface area contributed by atoms with Gasteiger partial charge in [0.2, 0.25) is 0 Å². The number of hydrogen-bond acceptors (Lipinski definition) is 4. The SMILES string of the molecule is CCC(C)[C@](N)(CO)CCc1ccc(OCCCCCCC(C)C)c(OC)c1. The van der Waals surface area contributed by atoms with Gasteiger partial charge in [0, 0.05) is 5.54 Å². The van der Waals surface area contributed by atoms with Crippen LogP contribution in [0.2, 0.25) is 0 Å². The predicted molar refractivity (Wildman–Crippen MR) is 118 cm³/mol. The number of nitrogens with two attached hydrogens (primary N) is 1. The van der Waals surface area contributed by atoms with E-state index in [1.54, 1.807) is 7.11 Å². The molecule has 0 aliphatic rings. The number of ether oxygens (including phenoxy) is 2. The molecule has 28 heavy (non-hydrogen) atoms. The largest absolute Gasteiger partial charge is 0.493 e. The van der Waals surface area contributed by atoms with Crippen molar-refractivity contribution in [1.29, 1.82) is 0 Å². The second-order valence-electron chi connectivity index (χ2n) is 8.63. The first-order valence-corrected chi connectivity index (χ1v) is 11.1. The molecule has 0 aromatic heterocycles. The predicted octanol–water partition coefficient (Wildman–Crippen LogP) is 5.35. The molecular weight excluding hydrogens is 350 g/mol. The van der Waals surface area contributed by atoms with Crippen LogP contribution in [0.1, 0.15) is 78.2 Å². The van der Waals surface area contributed by atoms with Crippen LogP contribution < -0.4 is 15.2 Å². The second kappa shape index (κ2) is 13.1. The van der Waals surface area contributed by atoms with Crippen molar-refractivity contribution < 1.29 is 14.6 Å². The molecule has 0 bridgehead atoms. The van der Waals surface area contributed by atoms with Crippen molar-refractivity contribution in [3.8, 4) is 11.5 Å². The van der Waals surface area contributed by atoms with Crippen molar-refractivity contribution in [1.82, 2.24) is 0 Å². The summed E-state index contributed by atoms with van der Waals surface area (Å²) in [4.78, 5) is 0. The summed E-state index contributed by atoms with van der Waals surface area (Å²) in [5.74, 6) is 2.65. The van der Waals surface area contributed by atoms with E-state index in [9.17, 15) is 5.11 Å². The van der Waals surface area contributed by atoms with Gasteiger partial charge in [0.05, 0.1) is 20.3 Å². The molecule has 0 fully saturated rings. The first kappa shape index (κ1) is 24.8. The fraction of sp³-hybridized carbons (Fsp3) is 0.750. The Balaban J connectivity index is 2.50. The molecule has 0 aliphatic heterocycles. The topological polar surface area (TPSA) is 64.7 Å². The fourth-order valence-corrected chi connectivity index (χ4v) is 3.44. The Labute approximate surface area is 172 Å². The molecule has 162 valence electrons. The van der Waals surface area contributed by atoms with Crippen molar-refractivity contribution in [2.75, 3.05) is 20.3 Å². The maximum Gasteiger partial charge on any atom is 0.161 e. The number of hydrogen-bond donors (Lipinski definition) is 2. The van der Waals surface area contributed by atoms with Crippen LogP contribution in [0.3, 0.4) is 0 Å². The summed E-state index contributed by atoms with van der Waals surface area (Å²) in [6, 6.07) is 6.11. The third kappa shape index (κ3) is 8.40. The van der Waals surface area contributed by atoms with Crippen LogP contribution in [0, 0.1) is 11.8 Å². The van der Waals surface area contributed by atoms with Gasteiger partial charge < -0.3 is 20.3 Å². The smallest absolute Gasteiger partial charge is 0.161 e. The third-order valence-corrected chi connectivity index (χ3v) is 5.93. The summed E-state index contributed by atoms with van der Waals surface area (Å²) in [5, 5.41) is 9.74. The van der Waals surface area contributed by atoms with E-state index >= 15 is 0 Å². The van der Waals surface area contributed by atoms with Crippen molar-refractivity contribution in [3.63, 3.8) is 0 Å². The van der Waals surface area contributed by atoms with Gasteiger partial charge >= 0.3 is 0 Å².